The summed E-state index contributed by atoms with van der Waals surface area (Å²) in [5, 5.41) is 7.39. The number of nitrogens with two attached hydrogens (primary N) is 1. The Kier molecular flexibility index (Phi) is 5.01. The van der Waals surface area contributed by atoms with Crippen molar-refractivity contribution in [2.75, 3.05) is 32.0 Å². The number of nitrogens with one attached hydrogen (secondary N) is 1. The van der Waals surface area contributed by atoms with Crippen LogP contribution in [0.15, 0.2) is 30.6 Å². The molecule has 0 amide bonds. The molecule has 0 radical (unpaired) electrons. The first kappa shape index (κ1) is 20.0. The Morgan fingerprint density at radius 1 is 1.03 bits per heavy atom. The van der Waals surface area contributed by atoms with Crippen LogP contribution < -0.4 is 5.73 Å². The summed E-state index contributed by atoms with van der Waals surface area (Å²) in [4.78, 5) is 14.8. The number of halogens is 1. The second-order valence-corrected chi connectivity index (χ2v) is 9.10. The molecule has 1 saturated carbocycles. The zero-order valence-electron chi connectivity index (χ0n) is 17.8. The lowest BCUT2D eigenvalue weighted by Crippen LogP contribution is -2.45. The number of nitrogens with zero attached hydrogens (tertiary/aromatic N) is 5. The van der Waals surface area contributed by atoms with E-state index >= 15 is 0 Å². The zero-order valence-corrected chi connectivity index (χ0v) is 18.6. The first-order valence-corrected chi connectivity index (χ1v) is 11.7. The third-order valence-corrected chi connectivity index (χ3v) is 7.36. The quantitative estimate of drug-likeness (QED) is 0.488. The highest BCUT2D eigenvalue weighted by atomic mass is 35.5. The van der Waals surface area contributed by atoms with E-state index in [1.165, 1.54) is 6.33 Å². The molecule has 4 heterocycles. The maximum Gasteiger partial charge on any atom is 0.164 e. The summed E-state index contributed by atoms with van der Waals surface area (Å²) in [6, 6.07) is 8.88. The molecule has 4 aromatic rings. The minimum Gasteiger partial charge on any atom is -0.383 e. The normalized spacial score (nSPS) is 22.7. The fraction of sp³-hybridized carbons (Fsp3) is 0.435. The van der Waals surface area contributed by atoms with Crippen molar-refractivity contribution >= 4 is 39.4 Å². The van der Waals surface area contributed by atoms with Gasteiger partial charge in [0.2, 0.25) is 0 Å². The highest BCUT2D eigenvalue weighted by Crippen LogP contribution is 2.40. The van der Waals surface area contributed by atoms with Crippen LogP contribution in [0.2, 0.25) is 5.02 Å². The van der Waals surface area contributed by atoms with Crippen LogP contribution in [0.4, 0.5) is 5.82 Å². The van der Waals surface area contributed by atoms with Crippen LogP contribution >= 0.6 is 11.6 Å². The van der Waals surface area contributed by atoms with Crippen molar-refractivity contribution < 1.29 is 4.74 Å². The van der Waals surface area contributed by atoms with E-state index in [1.807, 2.05) is 24.3 Å². The average molecular weight is 452 g/mol. The molecule has 9 heteroatoms. The van der Waals surface area contributed by atoms with Crippen molar-refractivity contribution in [3.05, 3.63) is 35.6 Å². The van der Waals surface area contributed by atoms with Gasteiger partial charge in [0.1, 0.15) is 17.8 Å². The van der Waals surface area contributed by atoms with Crippen molar-refractivity contribution in [3.8, 4) is 11.4 Å². The smallest absolute Gasteiger partial charge is 0.164 e. The number of rotatable bonds is 3. The fourth-order valence-electron chi connectivity index (χ4n) is 5.31. The van der Waals surface area contributed by atoms with Gasteiger partial charge in [-0.3, -0.25) is 4.90 Å². The first-order valence-electron chi connectivity index (χ1n) is 11.3. The Balaban J connectivity index is 1.37. The topological polar surface area (TPSA) is 97.9 Å². The summed E-state index contributed by atoms with van der Waals surface area (Å²) in [6.07, 6.45) is 5.93. The number of H-pyrrole nitrogens is 1. The van der Waals surface area contributed by atoms with Crippen molar-refractivity contribution in [2.45, 2.75) is 37.8 Å². The van der Waals surface area contributed by atoms with Crippen molar-refractivity contribution in [1.29, 1.82) is 0 Å². The third kappa shape index (κ3) is 3.25. The molecule has 0 spiro atoms. The molecule has 166 valence electrons. The van der Waals surface area contributed by atoms with Crippen LogP contribution in [-0.2, 0) is 4.74 Å². The molecular formula is C23H26ClN7O. The molecule has 8 nitrogen and oxygen atoms in total. The van der Waals surface area contributed by atoms with Crippen LogP contribution in [-0.4, -0.2) is 62.0 Å². The Hall–Kier alpha value is -2.68. The molecule has 3 N–H and O–H groups in total. The largest absolute Gasteiger partial charge is 0.383 e. The number of benzene rings is 1. The number of aromatic amines is 1. The van der Waals surface area contributed by atoms with Gasteiger partial charge < -0.3 is 15.5 Å². The highest BCUT2D eigenvalue weighted by molar-refractivity contribution is 6.38. The predicted octanol–water partition coefficient (Wildman–Crippen LogP) is 4.03. The number of morpholine rings is 1. The molecule has 6 rings (SSSR count). The van der Waals surface area contributed by atoms with Crippen LogP contribution in [0.3, 0.4) is 0 Å². The summed E-state index contributed by atoms with van der Waals surface area (Å²) in [6.45, 7) is 3.75. The first-order chi connectivity index (χ1) is 15.7. The SMILES string of the molecule is Nc1ncnc2c1c(-c1[nH]c3ccccc3c1Cl)nn2[C@H]1CC[C@H](N2CCOCC2)CC1. The average Bonchev–Trinajstić information content (AvgIpc) is 3.39. The van der Waals surface area contributed by atoms with Crippen LogP contribution in [0.25, 0.3) is 33.3 Å². The van der Waals surface area contributed by atoms with Crippen molar-refractivity contribution in [1.82, 2.24) is 29.6 Å². The number of ether oxygens (including phenoxy) is 1. The molecule has 32 heavy (non-hydrogen) atoms. The number of nitrogen functional groups attached to an aromatic ring is 1. The highest BCUT2D eigenvalue weighted by Gasteiger charge is 2.31. The van der Waals surface area contributed by atoms with Gasteiger partial charge in [0.05, 0.1) is 35.4 Å². The van der Waals surface area contributed by atoms with Gasteiger partial charge in [-0.05, 0) is 31.7 Å². The molecule has 0 bridgehead atoms. The van der Waals surface area contributed by atoms with E-state index in [4.69, 9.17) is 27.2 Å². The molecule has 2 aliphatic rings. The fourth-order valence-corrected chi connectivity index (χ4v) is 5.61. The second-order valence-electron chi connectivity index (χ2n) is 8.72. The standard InChI is InChI=1S/C23H26ClN7O/c24-19-16-3-1-2-4-17(16)28-21(19)20-18-22(25)26-13-27-23(18)31(29-20)15-7-5-14(6-8-15)30-9-11-32-12-10-30/h1-4,13-15,28H,5-12H2,(H2,25,26,27)/t14-,15-. The Bertz CT molecular complexity index is 1270. The number of hydrogen-bond donors (Lipinski definition) is 2. The van der Waals surface area contributed by atoms with Crippen molar-refractivity contribution in [3.63, 3.8) is 0 Å². The maximum atomic E-state index is 6.77. The molecule has 2 fully saturated rings. The Labute approximate surface area is 190 Å². The summed E-state index contributed by atoms with van der Waals surface area (Å²) in [7, 11) is 0. The molecule has 1 aliphatic carbocycles. The number of para-hydroxylation sites is 1. The second kappa shape index (κ2) is 8.03. The van der Waals surface area contributed by atoms with Gasteiger partial charge in [0, 0.05) is 30.0 Å². The summed E-state index contributed by atoms with van der Waals surface area (Å²) in [5.41, 5.74) is 9.55. The van der Waals surface area contributed by atoms with Gasteiger partial charge in [0.15, 0.2) is 5.65 Å². The van der Waals surface area contributed by atoms with Gasteiger partial charge in [0.25, 0.3) is 0 Å². The van der Waals surface area contributed by atoms with Gasteiger partial charge >= 0.3 is 0 Å². The summed E-state index contributed by atoms with van der Waals surface area (Å²) in [5.74, 6) is 0.424. The van der Waals surface area contributed by atoms with E-state index in [1.54, 1.807) is 0 Å². The van der Waals surface area contributed by atoms with E-state index in [0.29, 0.717) is 16.9 Å². The molecule has 3 aromatic heterocycles. The lowest BCUT2D eigenvalue weighted by molar-refractivity contribution is 0.00520. The van der Waals surface area contributed by atoms with Crippen LogP contribution in [0.5, 0.6) is 0 Å². The molecule has 1 aliphatic heterocycles. The lowest BCUT2D eigenvalue weighted by Gasteiger charge is -2.38. The third-order valence-electron chi connectivity index (χ3n) is 6.97. The van der Waals surface area contributed by atoms with E-state index in [2.05, 4.69) is 24.5 Å². The summed E-state index contributed by atoms with van der Waals surface area (Å²) >= 11 is 6.77. The Morgan fingerprint density at radius 3 is 2.56 bits per heavy atom. The number of fused-ring (bicyclic) bond motifs is 2. The minimum absolute atomic E-state index is 0.279. The van der Waals surface area contributed by atoms with Crippen LogP contribution in [0, 0.1) is 0 Å². The summed E-state index contributed by atoms with van der Waals surface area (Å²) < 4.78 is 7.58. The number of anilines is 1. The van der Waals surface area contributed by atoms with E-state index in [9.17, 15) is 0 Å². The van der Waals surface area contributed by atoms with Crippen LogP contribution in [0.1, 0.15) is 31.7 Å². The monoisotopic (exact) mass is 451 g/mol. The minimum atomic E-state index is 0.279. The van der Waals surface area contributed by atoms with Crippen molar-refractivity contribution in [2.24, 2.45) is 0 Å². The van der Waals surface area contributed by atoms with Gasteiger partial charge in [-0.15, -0.1) is 0 Å². The zero-order chi connectivity index (χ0) is 21.7. The van der Waals surface area contributed by atoms with E-state index in [-0.39, 0.29) is 6.04 Å². The molecule has 0 atom stereocenters. The number of hydrogen-bond acceptors (Lipinski definition) is 6. The van der Waals surface area contributed by atoms with E-state index < -0.39 is 0 Å². The molecule has 0 unspecified atom stereocenters. The predicted molar refractivity (Wildman–Crippen MR) is 126 cm³/mol. The van der Waals surface area contributed by atoms with E-state index in [0.717, 1.165) is 85.3 Å². The maximum absolute atomic E-state index is 6.77. The molecule has 1 aromatic carbocycles. The molecular weight excluding hydrogens is 426 g/mol. The Morgan fingerprint density at radius 2 is 1.78 bits per heavy atom. The lowest BCUT2D eigenvalue weighted by atomic mass is 9.90. The number of aromatic nitrogens is 5. The van der Waals surface area contributed by atoms with Gasteiger partial charge in [-0.25, -0.2) is 14.6 Å². The van der Waals surface area contributed by atoms with Gasteiger partial charge in [-0.1, -0.05) is 29.8 Å². The molecule has 1 saturated heterocycles. The van der Waals surface area contributed by atoms with Gasteiger partial charge in [-0.2, -0.15) is 5.10 Å².